The van der Waals surface area contributed by atoms with Crippen LogP contribution in [0.1, 0.15) is 24.2 Å². The summed E-state index contributed by atoms with van der Waals surface area (Å²) in [5.41, 5.74) is 5.09. The summed E-state index contributed by atoms with van der Waals surface area (Å²) < 4.78 is 1.77. The highest BCUT2D eigenvalue weighted by Crippen LogP contribution is 2.30. The summed E-state index contributed by atoms with van der Waals surface area (Å²) in [6.45, 7) is 7.66. The number of aliphatic imine (C=N–C) groups is 2. The molecule has 1 aliphatic carbocycles. The molecule has 3 heterocycles. The van der Waals surface area contributed by atoms with Crippen LogP contribution in [0.3, 0.4) is 0 Å². The van der Waals surface area contributed by atoms with Crippen LogP contribution >= 0.6 is 0 Å². The van der Waals surface area contributed by atoms with Gasteiger partial charge in [0.15, 0.2) is 0 Å². The molecule has 30 heavy (non-hydrogen) atoms. The Morgan fingerprint density at radius 3 is 2.83 bits per heavy atom. The number of rotatable bonds is 3. The standard InChI is InChI=1S/C22H25N7O/c1-13-10-18-19(25-14(2)24-18)11-17(13)26-22(30)15-4-5-20(29-8-6-23-7-9-29)16-12-28(3)27-21(15)16/h4-5,10-12,19,23H,6-9H2,1-3H3,(H,26,30). The van der Waals surface area contributed by atoms with Gasteiger partial charge in [0, 0.05) is 56.2 Å². The van der Waals surface area contributed by atoms with Crippen molar-refractivity contribution in [2.75, 3.05) is 31.1 Å². The van der Waals surface area contributed by atoms with Crippen molar-refractivity contribution in [3.8, 4) is 0 Å². The van der Waals surface area contributed by atoms with Gasteiger partial charge in [-0.15, -0.1) is 0 Å². The fourth-order valence-corrected chi connectivity index (χ4v) is 4.28. The molecule has 0 spiro atoms. The molecular weight excluding hydrogens is 378 g/mol. The van der Waals surface area contributed by atoms with Crippen molar-refractivity contribution in [2.45, 2.75) is 19.9 Å². The Bertz CT molecular complexity index is 1160. The number of benzene rings is 1. The van der Waals surface area contributed by atoms with Gasteiger partial charge in [0.05, 0.1) is 11.3 Å². The number of aromatic nitrogens is 2. The Labute approximate surface area is 175 Å². The maximum atomic E-state index is 13.2. The molecule has 1 aromatic carbocycles. The van der Waals surface area contributed by atoms with E-state index in [2.05, 4.69) is 30.6 Å². The number of hydrogen-bond donors (Lipinski definition) is 2. The average Bonchev–Trinajstić information content (AvgIpc) is 3.28. The molecule has 5 rings (SSSR count). The van der Waals surface area contributed by atoms with Crippen molar-refractivity contribution < 1.29 is 4.79 Å². The van der Waals surface area contributed by atoms with Crippen LogP contribution in [-0.2, 0) is 7.05 Å². The van der Waals surface area contributed by atoms with Crippen LogP contribution in [-0.4, -0.2) is 59.5 Å². The van der Waals surface area contributed by atoms with E-state index < -0.39 is 0 Å². The first-order valence-electron chi connectivity index (χ1n) is 10.3. The van der Waals surface area contributed by atoms with Gasteiger partial charge in [0.1, 0.15) is 17.4 Å². The first-order valence-corrected chi connectivity index (χ1v) is 10.3. The zero-order valence-corrected chi connectivity index (χ0v) is 17.4. The highest BCUT2D eigenvalue weighted by atomic mass is 16.1. The Kier molecular flexibility index (Phi) is 4.51. The third-order valence-electron chi connectivity index (χ3n) is 5.75. The molecular formula is C22H25N7O. The molecule has 0 radical (unpaired) electrons. The van der Waals surface area contributed by atoms with Crippen LogP contribution in [0.25, 0.3) is 10.9 Å². The molecule has 1 aromatic heterocycles. The number of nitrogens with one attached hydrogen (secondary N) is 2. The summed E-state index contributed by atoms with van der Waals surface area (Å²) in [5.74, 6) is 0.602. The fourth-order valence-electron chi connectivity index (χ4n) is 4.28. The lowest BCUT2D eigenvalue weighted by molar-refractivity contribution is 0.0968. The molecule has 0 saturated carbocycles. The molecule has 1 atom stereocenters. The largest absolute Gasteiger partial charge is 0.368 e. The predicted molar refractivity (Wildman–Crippen MR) is 119 cm³/mol. The maximum Gasteiger partial charge on any atom is 0.257 e. The Morgan fingerprint density at radius 1 is 1.23 bits per heavy atom. The van der Waals surface area contributed by atoms with Crippen molar-refractivity contribution in [1.82, 2.24) is 20.4 Å². The second kappa shape index (κ2) is 7.21. The van der Waals surface area contributed by atoms with Crippen LogP contribution in [0.15, 0.2) is 51.7 Å². The normalized spacial score (nSPS) is 21.0. The number of amides is 1. The van der Waals surface area contributed by atoms with Crippen LogP contribution < -0.4 is 15.5 Å². The van der Waals surface area contributed by atoms with Crippen LogP contribution in [0.4, 0.5) is 5.69 Å². The minimum Gasteiger partial charge on any atom is -0.368 e. The SMILES string of the molecule is CC1=CC2=NC(C)=NC2C=C1NC(=O)c1ccc(N2CCNCC2)c2cn(C)nc12. The lowest BCUT2D eigenvalue weighted by Crippen LogP contribution is -2.43. The molecule has 1 amide bonds. The van der Waals surface area contributed by atoms with Gasteiger partial charge in [-0.25, -0.2) is 4.99 Å². The molecule has 2 aliphatic heterocycles. The van der Waals surface area contributed by atoms with E-state index in [4.69, 9.17) is 0 Å². The van der Waals surface area contributed by atoms with E-state index >= 15 is 0 Å². The van der Waals surface area contributed by atoms with E-state index in [-0.39, 0.29) is 11.9 Å². The summed E-state index contributed by atoms with van der Waals surface area (Å²) in [5, 5.41) is 12.1. The molecule has 3 aliphatic rings. The van der Waals surface area contributed by atoms with Crippen LogP contribution in [0.2, 0.25) is 0 Å². The molecule has 2 aromatic rings. The van der Waals surface area contributed by atoms with Gasteiger partial charge >= 0.3 is 0 Å². The average molecular weight is 403 g/mol. The molecule has 2 N–H and O–H groups in total. The number of carbonyl (C=O) groups is 1. The summed E-state index contributed by atoms with van der Waals surface area (Å²) in [7, 11) is 1.89. The van der Waals surface area contributed by atoms with E-state index in [9.17, 15) is 4.79 Å². The number of carbonyl (C=O) groups excluding carboxylic acids is 1. The molecule has 1 unspecified atom stereocenters. The van der Waals surface area contributed by atoms with E-state index in [0.29, 0.717) is 5.56 Å². The van der Waals surface area contributed by atoms with E-state index in [1.165, 1.54) is 0 Å². The molecule has 8 heteroatoms. The number of nitrogens with zero attached hydrogens (tertiary/aromatic N) is 5. The number of aryl methyl sites for hydroxylation is 1. The molecule has 8 nitrogen and oxygen atoms in total. The fraction of sp³-hybridized carbons (Fsp3) is 0.364. The van der Waals surface area contributed by atoms with Crippen LogP contribution in [0, 0.1) is 0 Å². The maximum absolute atomic E-state index is 13.2. The lowest BCUT2D eigenvalue weighted by atomic mass is 9.99. The van der Waals surface area contributed by atoms with Gasteiger partial charge in [0.2, 0.25) is 0 Å². The van der Waals surface area contributed by atoms with Crippen molar-refractivity contribution >= 4 is 34.0 Å². The molecule has 0 bridgehead atoms. The molecule has 154 valence electrons. The highest BCUT2D eigenvalue weighted by molar-refractivity contribution is 6.14. The highest BCUT2D eigenvalue weighted by Gasteiger charge is 2.25. The summed E-state index contributed by atoms with van der Waals surface area (Å²) in [6, 6.07) is 3.81. The van der Waals surface area contributed by atoms with Gasteiger partial charge in [-0.2, -0.15) is 5.10 Å². The van der Waals surface area contributed by atoms with E-state index in [1.807, 2.05) is 51.4 Å². The Balaban J connectivity index is 1.46. The summed E-state index contributed by atoms with van der Waals surface area (Å²) >= 11 is 0. The Morgan fingerprint density at radius 2 is 2.03 bits per heavy atom. The van der Waals surface area contributed by atoms with Gasteiger partial charge in [-0.3, -0.25) is 14.5 Å². The number of allylic oxidation sites excluding steroid dienone is 1. The summed E-state index contributed by atoms with van der Waals surface area (Å²) in [6.07, 6.45) is 5.95. The van der Waals surface area contributed by atoms with Gasteiger partial charge < -0.3 is 15.5 Å². The van der Waals surface area contributed by atoms with Gasteiger partial charge in [0.25, 0.3) is 5.91 Å². The van der Waals surface area contributed by atoms with Crippen LogP contribution in [0.5, 0.6) is 0 Å². The van der Waals surface area contributed by atoms with Gasteiger partial charge in [-0.05, 0) is 43.7 Å². The van der Waals surface area contributed by atoms with Gasteiger partial charge in [-0.1, -0.05) is 0 Å². The van der Waals surface area contributed by atoms with Crippen molar-refractivity contribution in [1.29, 1.82) is 0 Å². The van der Waals surface area contributed by atoms with Crippen molar-refractivity contribution in [2.24, 2.45) is 17.0 Å². The molecule has 1 fully saturated rings. The number of anilines is 1. The summed E-state index contributed by atoms with van der Waals surface area (Å²) in [4.78, 5) is 24.5. The smallest absolute Gasteiger partial charge is 0.257 e. The second-order valence-electron chi connectivity index (χ2n) is 7.95. The number of amidine groups is 1. The monoisotopic (exact) mass is 403 g/mol. The van der Waals surface area contributed by atoms with Crippen molar-refractivity contribution in [3.05, 3.63) is 47.3 Å². The predicted octanol–water partition coefficient (Wildman–Crippen LogP) is 1.80. The topological polar surface area (TPSA) is 86.9 Å². The third kappa shape index (κ3) is 3.23. The first kappa shape index (κ1) is 18.7. The van der Waals surface area contributed by atoms with Crippen molar-refractivity contribution in [3.63, 3.8) is 0 Å². The third-order valence-corrected chi connectivity index (χ3v) is 5.75. The quantitative estimate of drug-likeness (QED) is 0.818. The minimum absolute atomic E-state index is 0.117. The zero-order valence-electron chi connectivity index (χ0n) is 17.4. The second-order valence-corrected chi connectivity index (χ2v) is 7.95. The first-order chi connectivity index (χ1) is 14.5. The number of piperazine rings is 1. The number of hydrogen-bond acceptors (Lipinski definition) is 6. The van der Waals surface area contributed by atoms with E-state index in [0.717, 1.165) is 65.6 Å². The van der Waals surface area contributed by atoms with E-state index in [1.54, 1.807) is 4.68 Å². The number of fused-ring (bicyclic) bond motifs is 2. The lowest BCUT2D eigenvalue weighted by Gasteiger charge is -2.30. The molecule has 1 saturated heterocycles. The zero-order chi connectivity index (χ0) is 20.8. The minimum atomic E-state index is -0.163. The Hall–Kier alpha value is -3.26.